The van der Waals surface area contributed by atoms with Crippen molar-refractivity contribution in [3.8, 4) is 0 Å². The number of aliphatic hydroxyl groups excluding tert-OH is 1. The maximum atomic E-state index is 11.6. The van der Waals surface area contributed by atoms with Crippen LogP contribution >= 0.6 is 0 Å². The van der Waals surface area contributed by atoms with Crippen molar-refractivity contribution in [2.24, 2.45) is 0 Å². The molecule has 0 spiro atoms. The van der Waals surface area contributed by atoms with Crippen molar-refractivity contribution in [2.75, 3.05) is 0 Å². The lowest BCUT2D eigenvalue weighted by Gasteiger charge is -2.14. The molecule has 0 radical (unpaired) electrons. The molecule has 1 aliphatic carbocycles. The van der Waals surface area contributed by atoms with Gasteiger partial charge in [-0.1, -0.05) is 24.3 Å². The summed E-state index contributed by atoms with van der Waals surface area (Å²) in [4.78, 5) is 23.0. The van der Waals surface area contributed by atoms with Crippen LogP contribution < -0.4 is 0 Å². The number of benzene rings is 1. The van der Waals surface area contributed by atoms with Gasteiger partial charge in [0, 0.05) is 12.0 Å². The second kappa shape index (κ2) is 3.10. The summed E-state index contributed by atoms with van der Waals surface area (Å²) in [6.45, 7) is 0. The van der Waals surface area contributed by atoms with Crippen LogP contribution in [-0.2, 0) is 11.2 Å². The van der Waals surface area contributed by atoms with Crippen molar-refractivity contribution in [3.63, 3.8) is 0 Å². The maximum absolute atomic E-state index is 11.6. The van der Waals surface area contributed by atoms with E-state index in [1.807, 2.05) is 0 Å². The molecular weight excluding hydrogens is 180 g/mol. The molecule has 3 heteroatoms. The van der Waals surface area contributed by atoms with Gasteiger partial charge >= 0.3 is 0 Å². The van der Waals surface area contributed by atoms with Gasteiger partial charge in [-0.3, -0.25) is 9.59 Å². The predicted molar refractivity (Wildman–Crippen MR) is 50.2 cm³/mol. The summed E-state index contributed by atoms with van der Waals surface area (Å²) in [6.07, 6.45) is 0.787. The molecule has 1 aliphatic rings. The third-order valence-electron chi connectivity index (χ3n) is 2.29. The van der Waals surface area contributed by atoms with E-state index in [0.29, 0.717) is 11.8 Å². The molecule has 1 N–H and O–H groups in total. The lowest BCUT2D eigenvalue weighted by atomic mass is 9.87. The first-order chi connectivity index (χ1) is 6.74. The standard InChI is InChI=1S/C11H8O3/c12-6-9-10(13)5-7-3-1-2-4-8(7)11(9)14/h1-4,6,12H,5H2. The summed E-state index contributed by atoms with van der Waals surface area (Å²) in [6, 6.07) is 6.93. The molecule has 0 bridgehead atoms. The van der Waals surface area contributed by atoms with Crippen LogP contribution in [0, 0.1) is 0 Å². The Hall–Kier alpha value is -1.90. The van der Waals surface area contributed by atoms with E-state index in [1.54, 1.807) is 24.3 Å². The van der Waals surface area contributed by atoms with Crippen LogP contribution in [0.25, 0.3) is 0 Å². The largest absolute Gasteiger partial charge is 0.515 e. The van der Waals surface area contributed by atoms with Gasteiger partial charge in [0.25, 0.3) is 0 Å². The minimum absolute atomic E-state index is 0.122. The highest BCUT2D eigenvalue weighted by atomic mass is 16.2. The van der Waals surface area contributed by atoms with Crippen LogP contribution in [0.15, 0.2) is 36.1 Å². The fourth-order valence-electron chi connectivity index (χ4n) is 1.57. The summed E-state index contributed by atoms with van der Waals surface area (Å²) >= 11 is 0. The topological polar surface area (TPSA) is 54.4 Å². The average Bonchev–Trinajstić information content (AvgIpc) is 2.18. The lowest BCUT2D eigenvalue weighted by molar-refractivity contribution is -0.114. The number of hydrogen-bond acceptors (Lipinski definition) is 3. The molecule has 0 saturated heterocycles. The Balaban J connectivity index is 2.60. The highest BCUT2D eigenvalue weighted by molar-refractivity contribution is 6.29. The summed E-state index contributed by atoms with van der Waals surface area (Å²) in [5, 5.41) is 8.75. The van der Waals surface area contributed by atoms with E-state index >= 15 is 0 Å². The van der Waals surface area contributed by atoms with Crippen molar-refractivity contribution in [1.82, 2.24) is 0 Å². The summed E-state index contributed by atoms with van der Waals surface area (Å²) < 4.78 is 0. The van der Waals surface area contributed by atoms with Gasteiger partial charge in [0.05, 0.1) is 6.26 Å². The van der Waals surface area contributed by atoms with E-state index < -0.39 is 0 Å². The molecule has 3 nitrogen and oxygen atoms in total. The molecule has 0 heterocycles. The molecule has 0 unspecified atom stereocenters. The Morgan fingerprint density at radius 1 is 1.21 bits per heavy atom. The zero-order chi connectivity index (χ0) is 10.1. The van der Waals surface area contributed by atoms with Gasteiger partial charge in [0.15, 0.2) is 11.6 Å². The Morgan fingerprint density at radius 2 is 1.93 bits per heavy atom. The molecule has 70 valence electrons. The van der Waals surface area contributed by atoms with Gasteiger partial charge in [0.1, 0.15) is 5.57 Å². The lowest BCUT2D eigenvalue weighted by Crippen LogP contribution is -2.23. The molecule has 0 fully saturated rings. The summed E-state index contributed by atoms with van der Waals surface area (Å²) in [5.74, 6) is -0.712. The second-order valence-electron chi connectivity index (χ2n) is 3.13. The van der Waals surface area contributed by atoms with Crippen LogP contribution in [0.3, 0.4) is 0 Å². The zero-order valence-electron chi connectivity index (χ0n) is 7.36. The van der Waals surface area contributed by atoms with Crippen LogP contribution in [0.1, 0.15) is 15.9 Å². The first kappa shape index (κ1) is 8.69. The molecular formula is C11H8O3. The Morgan fingerprint density at radius 3 is 2.64 bits per heavy atom. The van der Waals surface area contributed by atoms with Crippen LogP contribution in [0.5, 0.6) is 0 Å². The SMILES string of the molecule is O=C1Cc2ccccc2C(=O)C1=CO. The molecule has 0 amide bonds. The van der Waals surface area contributed by atoms with Crippen LogP contribution in [-0.4, -0.2) is 16.7 Å². The van der Waals surface area contributed by atoms with Gasteiger partial charge in [-0.2, -0.15) is 0 Å². The highest BCUT2D eigenvalue weighted by Gasteiger charge is 2.28. The zero-order valence-corrected chi connectivity index (χ0v) is 7.36. The summed E-state index contributed by atoms with van der Waals surface area (Å²) in [5.41, 5.74) is 1.12. The van der Waals surface area contributed by atoms with Crippen LogP contribution in [0.2, 0.25) is 0 Å². The quantitative estimate of drug-likeness (QED) is 0.380. The van der Waals surface area contributed by atoms with Gasteiger partial charge in [0.2, 0.25) is 0 Å². The number of carbonyl (C=O) groups excluding carboxylic acids is 2. The van der Waals surface area contributed by atoms with Gasteiger partial charge in [-0.15, -0.1) is 0 Å². The van der Waals surface area contributed by atoms with E-state index in [-0.39, 0.29) is 23.6 Å². The smallest absolute Gasteiger partial charge is 0.200 e. The van der Waals surface area contributed by atoms with Gasteiger partial charge < -0.3 is 5.11 Å². The van der Waals surface area contributed by atoms with E-state index in [0.717, 1.165) is 5.56 Å². The number of rotatable bonds is 0. The first-order valence-corrected chi connectivity index (χ1v) is 4.24. The van der Waals surface area contributed by atoms with E-state index in [2.05, 4.69) is 0 Å². The summed E-state index contributed by atoms with van der Waals surface area (Å²) in [7, 11) is 0. The minimum atomic E-state index is -0.389. The fraction of sp³-hybridized carbons (Fsp3) is 0.0909. The molecule has 2 rings (SSSR count). The Labute approximate surface area is 80.7 Å². The third-order valence-corrected chi connectivity index (χ3v) is 2.29. The van der Waals surface area contributed by atoms with Crippen molar-refractivity contribution in [3.05, 3.63) is 47.2 Å². The van der Waals surface area contributed by atoms with Gasteiger partial charge in [-0.05, 0) is 5.56 Å². The number of aliphatic hydroxyl groups is 1. The van der Waals surface area contributed by atoms with E-state index in [9.17, 15) is 9.59 Å². The minimum Gasteiger partial charge on any atom is -0.515 e. The molecule has 0 aromatic heterocycles. The van der Waals surface area contributed by atoms with Gasteiger partial charge in [-0.25, -0.2) is 0 Å². The van der Waals surface area contributed by atoms with Crippen molar-refractivity contribution in [1.29, 1.82) is 0 Å². The Kier molecular flexibility index (Phi) is 1.93. The molecule has 0 aliphatic heterocycles. The second-order valence-corrected chi connectivity index (χ2v) is 3.13. The van der Waals surface area contributed by atoms with Crippen LogP contribution in [0.4, 0.5) is 0 Å². The Bertz CT molecular complexity index is 444. The number of ketones is 2. The third kappa shape index (κ3) is 1.14. The van der Waals surface area contributed by atoms with E-state index in [4.69, 9.17) is 5.11 Å². The van der Waals surface area contributed by atoms with Crippen molar-refractivity contribution in [2.45, 2.75) is 6.42 Å². The molecule has 1 aromatic rings. The number of Topliss-reactive ketones (excluding diaryl/α,β-unsaturated/α-hetero) is 2. The average molecular weight is 188 g/mol. The molecule has 0 saturated carbocycles. The fourth-order valence-corrected chi connectivity index (χ4v) is 1.57. The number of carbonyl (C=O) groups is 2. The maximum Gasteiger partial charge on any atom is 0.200 e. The van der Waals surface area contributed by atoms with E-state index in [1.165, 1.54) is 0 Å². The highest BCUT2D eigenvalue weighted by Crippen LogP contribution is 2.21. The van der Waals surface area contributed by atoms with Crippen molar-refractivity contribution < 1.29 is 14.7 Å². The monoisotopic (exact) mass is 188 g/mol. The van der Waals surface area contributed by atoms with Crippen molar-refractivity contribution >= 4 is 11.6 Å². The molecule has 1 aromatic carbocycles. The first-order valence-electron chi connectivity index (χ1n) is 4.24. The number of fused-ring (bicyclic) bond motifs is 1. The number of hydrogen-bond donors (Lipinski definition) is 1. The molecule has 0 atom stereocenters. The molecule has 14 heavy (non-hydrogen) atoms. The predicted octanol–water partition coefficient (Wildman–Crippen LogP) is 1.44. The normalized spacial score (nSPS) is 18.4. The number of allylic oxidation sites excluding steroid dienone is 1.